The molecular weight excluding hydrogens is 256 g/mol. The van der Waals surface area contributed by atoms with Crippen LogP contribution in [0.1, 0.15) is 15.9 Å². The van der Waals surface area contributed by atoms with Gasteiger partial charge in [-0.05, 0) is 24.6 Å². The predicted molar refractivity (Wildman–Crippen MR) is 75.4 cm³/mol. The first-order valence-electron chi connectivity index (χ1n) is 5.99. The van der Waals surface area contributed by atoms with Gasteiger partial charge in [-0.25, -0.2) is 0 Å². The number of benzene rings is 2. The Kier molecular flexibility index (Phi) is 4.10. The molecule has 0 amide bonds. The van der Waals surface area contributed by atoms with Crippen molar-refractivity contribution in [2.45, 2.75) is 6.92 Å². The van der Waals surface area contributed by atoms with Gasteiger partial charge in [0.1, 0.15) is 0 Å². The number of aldehydes is 1. The lowest BCUT2D eigenvalue weighted by Gasteiger charge is -2.06. The average molecular weight is 270 g/mol. The average Bonchev–Trinajstić information content (AvgIpc) is 2.47. The van der Waals surface area contributed by atoms with E-state index in [4.69, 9.17) is 4.74 Å². The zero-order valence-electron chi connectivity index (χ0n) is 11.2. The molecule has 0 radical (unpaired) electrons. The Morgan fingerprint density at radius 2 is 1.95 bits per heavy atom. The van der Waals surface area contributed by atoms with Crippen molar-refractivity contribution in [3.05, 3.63) is 47.5 Å². The lowest BCUT2D eigenvalue weighted by Crippen LogP contribution is -1.88. The van der Waals surface area contributed by atoms with E-state index in [1.54, 1.807) is 0 Å². The van der Waals surface area contributed by atoms with Crippen LogP contribution in [0, 0.1) is 6.92 Å². The van der Waals surface area contributed by atoms with E-state index in [-0.39, 0.29) is 17.1 Å². The standard InChI is InChI=1S/C15H14N2O3/c1-10-5-3-4-6-13(10)17-16-12-7-11(9-18)15(19)14(8-12)20-2/h3-9,19H,1-2H3. The lowest BCUT2D eigenvalue weighted by atomic mass is 10.2. The van der Waals surface area contributed by atoms with Crippen LogP contribution in [0.25, 0.3) is 0 Å². The van der Waals surface area contributed by atoms with Crippen molar-refractivity contribution in [1.82, 2.24) is 0 Å². The van der Waals surface area contributed by atoms with E-state index < -0.39 is 0 Å². The minimum Gasteiger partial charge on any atom is -0.504 e. The third-order valence-corrected chi connectivity index (χ3v) is 2.82. The van der Waals surface area contributed by atoms with E-state index in [0.717, 1.165) is 11.3 Å². The lowest BCUT2D eigenvalue weighted by molar-refractivity contribution is 0.112. The molecule has 0 saturated carbocycles. The summed E-state index contributed by atoms with van der Waals surface area (Å²) in [7, 11) is 1.41. The van der Waals surface area contributed by atoms with Crippen LogP contribution in [0.15, 0.2) is 46.6 Å². The second-order valence-corrected chi connectivity index (χ2v) is 4.19. The number of phenolic OH excluding ortho intramolecular Hbond substituents is 1. The Hall–Kier alpha value is -2.69. The maximum Gasteiger partial charge on any atom is 0.168 e. The molecule has 0 aliphatic rings. The number of aromatic hydroxyl groups is 1. The number of hydrogen-bond donors (Lipinski definition) is 1. The summed E-state index contributed by atoms with van der Waals surface area (Å²) < 4.78 is 4.99. The van der Waals surface area contributed by atoms with Gasteiger partial charge in [-0.3, -0.25) is 4.79 Å². The zero-order chi connectivity index (χ0) is 14.5. The Morgan fingerprint density at radius 3 is 2.60 bits per heavy atom. The summed E-state index contributed by atoms with van der Waals surface area (Å²) in [6.07, 6.45) is 0.546. The highest BCUT2D eigenvalue weighted by molar-refractivity contribution is 5.83. The van der Waals surface area contributed by atoms with E-state index >= 15 is 0 Å². The fourth-order valence-electron chi connectivity index (χ4n) is 1.70. The molecule has 0 fully saturated rings. The third-order valence-electron chi connectivity index (χ3n) is 2.82. The maximum absolute atomic E-state index is 10.9. The molecule has 102 valence electrons. The summed E-state index contributed by atoms with van der Waals surface area (Å²) in [5, 5.41) is 17.9. The van der Waals surface area contributed by atoms with Crippen molar-refractivity contribution < 1.29 is 14.6 Å². The molecule has 0 atom stereocenters. The van der Waals surface area contributed by atoms with E-state index in [0.29, 0.717) is 12.0 Å². The van der Waals surface area contributed by atoms with Gasteiger partial charge in [-0.15, -0.1) is 0 Å². The van der Waals surface area contributed by atoms with Crippen molar-refractivity contribution in [2.24, 2.45) is 10.2 Å². The summed E-state index contributed by atoms with van der Waals surface area (Å²) in [6.45, 7) is 1.93. The number of ether oxygens (including phenoxy) is 1. The number of hydrogen-bond acceptors (Lipinski definition) is 5. The van der Waals surface area contributed by atoms with Crippen LogP contribution >= 0.6 is 0 Å². The van der Waals surface area contributed by atoms with Crippen LogP contribution in [-0.4, -0.2) is 18.5 Å². The van der Waals surface area contributed by atoms with E-state index in [1.807, 2.05) is 31.2 Å². The molecule has 2 rings (SSSR count). The summed E-state index contributed by atoms with van der Waals surface area (Å²) in [6, 6.07) is 10.5. The predicted octanol–water partition coefficient (Wildman–Crippen LogP) is 3.94. The highest BCUT2D eigenvalue weighted by atomic mass is 16.5. The normalized spacial score (nSPS) is 10.7. The van der Waals surface area contributed by atoms with Gasteiger partial charge in [0, 0.05) is 6.07 Å². The molecule has 5 heteroatoms. The van der Waals surface area contributed by atoms with E-state index in [2.05, 4.69) is 10.2 Å². The Bertz CT molecular complexity index is 666. The first-order chi connectivity index (χ1) is 9.65. The summed E-state index contributed by atoms with van der Waals surface area (Å²) in [4.78, 5) is 10.9. The molecule has 2 aromatic rings. The summed E-state index contributed by atoms with van der Waals surface area (Å²) in [5.74, 6) is -0.00863. The molecule has 0 heterocycles. The van der Waals surface area contributed by atoms with Gasteiger partial charge in [-0.2, -0.15) is 10.2 Å². The van der Waals surface area contributed by atoms with Gasteiger partial charge in [0.25, 0.3) is 0 Å². The number of aryl methyl sites for hydroxylation is 1. The SMILES string of the molecule is COc1cc(N=Nc2ccccc2C)cc(C=O)c1O. The molecule has 1 N–H and O–H groups in total. The van der Waals surface area contributed by atoms with Gasteiger partial charge in [0.15, 0.2) is 17.8 Å². The molecule has 0 aliphatic heterocycles. The molecule has 0 unspecified atom stereocenters. The topological polar surface area (TPSA) is 71.2 Å². The number of nitrogens with zero attached hydrogens (tertiary/aromatic N) is 2. The highest BCUT2D eigenvalue weighted by Gasteiger charge is 2.09. The van der Waals surface area contributed by atoms with Crippen LogP contribution in [0.5, 0.6) is 11.5 Å². The monoisotopic (exact) mass is 270 g/mol. The van der Waals surface area contributed by atoms with Gasteiger partial charge < -0.3 is 9.84 Å². The first kappa shape index (κ1) is 13.7. The molecule has 0 spiro atoms. The molecule has 2 aromatic carbocycles. The third kappa shape index (κ3) is 2.83. The van der Waals surface area contributed by atoms with E-state index in [9.17, 15) is 9.90 Å². The fourth-order valence-corrected chi connectivity index (χ4v) is 1.70. The molecular formula is C15H14N2O3. The highest BCUT2D eigenvalue weighted by Crippen LogP contribution is 2.34. The summed E-state index contributed by atoms with van der Waals surface area (Å²) >= 11 is 0. The molecule has 0 aromatic heterocycles. The number of rotatable bonds is 4. The van der Waals surface area contributed by atoms with Gasteiger partial charge >= 0.3 is 0 Å². The quantitative estimate of drug-likeness (QED) is 0.675. The van der Waals surface area contributed by atoms with Crippen LogP contribution in [0.2, 0.25) is 0 Å². The van der Waals surface area contributed by atoms with Gasteiger partial charge in [0.2, 0.25) is 0 Å². The van der Waals surface area contributed by atoms with Crippen molar-refractivity contribution >= 4 is 17.7 Å². The molecule has 20 heavy (non-hydrogen) atoms. The second-order valence-electron chi connectivity index (χ2n) is 4.19. The Morgan fingerprint density at radius 1 is 1.20 bits per heavy atom. The maximum atomic E-state index is 10.9. The minimum absolute atomic E-state index is 0.114. The fraction of sp³-hybridized carbons (Fsp3) is 0.133. The van der Waals surface area contributed by atoms with Crippen LogP contribution in [0.4, 0.5) is 11.4 Å². The molecule has 0 aliphatic carbocycles. The largest absolute Gasteiger partial charge is 0.504 e. The van der Waals surface area contributed by atoms with Gasteiger partial charge in [-0.1, -0.05) is 18.2 Å². The van der Waals surface area contributed by atoms with Crippen molar-refractivity contribution in [1.29, 1.82) is 0 Å². The second kappa shape index (κ2) is 5.97. The van der Waals surface area contributed by atoms with Crippen molar-refractivity contribution in [3.8, 4) is 11.5 Å². The number of methoxy groups -OCH3 is 1. The zero-order valence-corrected chi connectivity index (χ0v) is 11.2. The number of azo groups is 1. The molecule has 0 saturated heterocycles. The van der Waals surface area contributed by atoms with Crippen LogP contribution < -0.4 is 4.74 Å². The minimum atomic E-state index is -0.197. The molecule has 0 bridgehead atoms. The van der Waals surface area contributed by atoms with Gasteiger partial charge in [0.05, 0.1) is 24.0 Å². The smallest absolute Gasteiger partial charge is 0.168 e. The summed E-state index contributed by atoms with van der Waals surface area (Å²) in [5.41, 5.74) is 2.29. The number of carbonyl (C=O) groups is 1. The van der Waals surface area contributed by atoms with E-state index in [1.165, 1.54) is 19.2 Å². The number of phenols is 1. The van der Waals surface area contributed by atoms with Crippen molar-refractivity contribution in [3.63, 3.8) is 0 Å². The molecule has 5 nitrogen and oxygen atoms in total. The first-order valence-corrected chi connectivity index (χ1v) is 5.99. The van der Waals surface area contributed by atoms with Crippen molar-refractivity contribution in [2.75, 3.05) is 7.11 Å². The van der Waals surface area contributed by atoms with Crippen LogP contribution in [-0.2, 0) is 0 Å². The number of carbonyl (C=O) groups excluding carboxylic acids is 1. The Labute approximate surface area is 116 Å². The Balaban J connectivity index is 2.39. The van der Waals surface area contributed by atoms with Crippen LogP contribution in [0.3, 0.4) is 0 Å².